The molecule has 1 N–H and O–H groups in total. The smallest absolute Gasteiger partial charge is 0.0475 e. The largest absolute Gasteiger partial charge is 0.318 e. The highest BCUT2D eigenvalue weighted by Gasteiger charge is 2.21. The monoisotopic (exact) mass is 302 g/mol. The van der Waals surface area contributed by atoms with E-state index in [1.807, 2.05) is 19.2 Å². The molecule has 0 radical (unpaired) electrons. The molecular weight excluding hydrogens is 280 g/mol. The lowest BCUT2D eigenvalue weighted by Gasteiger charge is -2.34. The van der Waals surface area contributed by atoms with Crippen molar-refractivity contribution in [2.24, 2.45) is 0 Å². The van der Waals surface area contributed by atoms with Crippen LogP contribution in [0.1, 0.15) is 30.1 Å². The summed E-state index contributed by atoms with van der Waals surface area (Å²) in [6.07, 6.45) is 0. The number of hydrogen-bond donors (Lipinski definition) is 1. The third kappa shape index (κ3) is 4.07. The summed E-state index contributed by atoms with van der Waals surface area (Å²) >= 11 is 5.98. The molecule has 3 heteroatoms. The van der Waals surface area contributed by atoms with Crippen LogP contribution in [0, 0.1) is 0 Å². The Bertz CT molecular complexity index is 539. The van der Waals surface area contributed by atoms with E-state index in [0.29, 0.717) is 12.1 Å². The molecular formula is C18H23ClN2. The lowest BCUT2D eigenvalue weighted by molar-refractivity contribution is 0.184. The highest BCUT2D eigenvalue weighted by Crippen LogP contribution is 2.29. The third-order valence-corrected chi connectivity index (χ3v) is 4.29. The fourth-order valence-electron chi connectivity index (χ4n) is 2.61. The molecule has 0 aliphatic carbocycles. The molecule has 2 atom stereocenters. The number of hydrogen-bond acceptors (Lipinski definition) is 2. The van der Waals surface area contributed by atoms with E-state index in [1.165, 1.54) is 11.1 Å². The van der Waals surface area contributed by atoms with Crippen LogP contribution in [0.4, 0.5) is 0 Å². The van der Waals surface area contributed by atoms with Gasteiger partial charge in [0, 0.05) is 23.7 Å². The first kappa shape index (κ1) is 16.0. The van der Waals surface area contributed by atoms with Gasteiger partial charge in [-0.25, -0.2) is 0 Å². The zero-order chi connectivity index (χ0) is 15.2. The van der Waals surface area contributed by atoms with Crippen molar-refractivity contribution in [3.8, 4) is 0 Å². The summed E-state index contributed by atoms with van der Waals surface area (Å²) in [5.74, 6) is 0. The van der Waals surface area contributed by atoms with Crippen molar-refractivity contribution in [2.45, 2.75) is 19.0 Å². The van der Waals surface area contributed by atoms with Gasteiger partial charge in [0.2, 0.25) is 0 Å². The average molecular weight is 303 g/mol. The van der Waals surface area contributed by atoms with Crippen LogP contribution >= 0.6 is 11.6 Å². The van der Waals surface area contributed by atoms with Gasteiger partial charge in [0.25, 0.3) is 0 Å². The van der Waals surface area contributed by atoms with Gasteiger partial charge >= 0.3 is 0 Å². The van der Waals surface area contributed by atoms with Gasteiger partial charge in [0.15, 0.2) is 0 Å². The van der Waals surface area contributed by atoms with Gasteiger partial charge in [-0.1, -0.05) is 54.1 Å². The van der Waals surface area contributed by atoms with Crippen molar-refractivity contribution >= 4 is 11.6 Å². The standard InChI is InChI=1S/C18H23ClN2/c1-14(15-9-11-17(19)12-10-15)21(3)18(13-20-2)16-7-5-4-6-8-16/h4-12,14,18,20H,13H2,1-3H3. The predicted molar refractivity (Wildman–Crippen MR) is 90.7 cm³/mol. The van der Waals surface area contributed by atoms with Crippen LogP contribution in [0.5, 0.6) is 0 Å². The Labute approximate surface area is 132 Å². The molecule has 0 amide bonds. The normalized spacial score (nSPS) is 14.1. The molecule has 0 aromatic heterocycles. The fraction of sp³-hybridized carbons (Fsp3) is 0.333. The van der Waals surface area contributed by atoms with Crippen LogP contribution in [-0.2, 0) is 0 Å². The average Bonchev–Trinajstić information content (AvgIpc) is 2.53. The molecule has 21 heavy (non-hydrogen) atoms. The van der Waals surface area contributed by atoms with Gasteiger partial charge in [-0.2, -0.15) is 0 Å². The Morgan fingerprint density at radius 2 is 1.62 bits per heavy atom. The summed E-state index contributed by atoms with van der Waals surface area (Å²) in [5.41, 5.74) is 2.61. The van der Waals surface area contributed by atoms with Gasteiger partial charge in [-0.05, 0) is 44.3 Å². The Morgan fingerprint density at radius 1 is 1.00 bits per heavy atom. The minimum Gasteiger partial charge on any atom is -0.318 e. The van der Waals surface area contributed by atoms with Crippen LogP contribution in [0.25, 0.3) is 0 Å². The molecule has 0 bridgehead atoms. The van der Waals surface area contributed by atoms with E-state index in [9.17, 15) is 0 Å². The number of likely N-dealkylation sites (N-methyl/N-ethyl adjacent to an activating group) is 2. The topological polar surface area (TPSA) is 15.3 Å². The number of rotatable bonds is 6. The number of nitrogens with one attached hydrogen (secondary N) is 1. The molecule has 0 aliphatic heterocycles. The van der Waals surface area contributed by atoms with E-state index in [-0.39, 0.29) is 0 Å². The van der Waals surface area contributed by atoms with Crippen molar-refractivity contribution in [1.29, 1.82) is 0 Å². The second-order valence-electron chi connectivity index (χ2n) is 5.38. The molecule has 0 saturated heterocycles. The first-order chi connectivity index (χ1) is 10.1. The minimum atomic E-state index is 0.320. The molecule has 0 heterocycles. The Morgan fingerprint density at radius 3 is 2.19 bits per heavy atom. The van der Waals surface area contributed by atoms with E-state index < -0.39 is 0 Å². The molecule has 2 aromatic carbocycles. The van der Waals surface area contributed by atoms with E-state index in [4.69, 9.17) is 11.6 Å². The maximum Gasteiger partial charge on any atom is 0.0475 e. The van der Waals surface area contributed by atoms with Crippen molar-refractivity contribution in [3.63, 3.8) is 0 Å². The molecule has 2 rings (SSSR count). The van der Waals surface area contributed by atoms with Gasteiger partial charge in [-0.15, -0.1) is 0 Å². The van der Waals surface area contributed by atoms with E-state index >= 15 is 0 Å². The molecule has 2 unspecified atom stereocenters. The number of halogens is 1. The summed E-state index contributed by atoms with van der Waals surface area (Å²) in [4.78, 5) is 2.40. The Kier molecular flexibility index (Phi) is 5.80. The van der Waals surface area contributed by atoms with E-state index in [1.54, 1.807) is 0 Å². The SMILES string of the molecule is CNCC(c1ccccc1)N(C)C(C)c1ccc(Cl)cc1. The zero-order valence-corrected chi connectivity index (χ0v) is 13.6. The first-order valence-electron chi connectivity index (χ1n) is 7.30. The summed E-state index contributed by atoms with van der Waals surface area (Å²) in [5, 5.41) is 4.08. The molecule has 2 aromatic rings. The van der Waals surface area contributed by atoms with Crippen molar-refractivity contribution in [1.82, 2.24) is 10.2 Å². The predicted octanol–water partition coefficient (Wildman–Crippen LogP) is 4.29. The molecule has 0 saturated carbocycles. The van der Waals surface area contributed by atoms with Crippen molar-refractivity contribution in [2.75, 3.05) is 20.6 Å². The quantitative estimate of drug-likeness (QED) is 0.856. The van der Waals surface area contributed by atoms with Gasteiger partial charge in [-0.3, -0.25) is 4.90 Å². The number of benzene rings is 2. The summed E-state index contributed by atoms with van der Waals surface area (Å²) in [6.45, 7) is 3.15. The molecule has 2 nitrogen and oxygen atoms in total. The lowest BCUT2D eigenvalue weighted by Crippen LogP contribution is -2.33. The molecule has 0 aliphatic rings. The van der Waals surface area contributed by atoms with Crippen LogP contribution in [-0.4, -0.2) is 25.5 Å². The lowest BCUT2D eigenvalue weighted by atomic mass is 10.0. The molecule has 0 spiro atoms. The van der Waals surface area contributed by atoms with Gasteiger partial charge in [0.05, 0.1) is 0 Å². The Balaban J connectivity index is 2.21. The van der Waals surface area contributed by atoms with E-state index in [2.05, 4.69) is 66.7 Å². The minimum absolute atomic E-state index is 0.320. The second kappa shape index (κ2) is 7.60. The molecule has 0 fully saturated rings. The fourth-order valence-corrected chi connectivity index (χ4v) is 2.74. The van der Waals surface area contributed by atoms with Crippen LogP contribution in [0.2, 0.25) is 5.02 Å². The highest BCUT2D eigenvalue weighted by molar-refractivity contribution is 6.30. The van der Waals surface area contributed by atoms with Crippen LogP contribution in [0.3, 0.4) is 0 Å². The first-order valence-corrected chi connectivity index (χ1v) is 7.68. The third-order valence-electron chi connectivity index (χ3n) is 4.04. The van der Waals surface area contributed by atoms with E-state index in [0.717, 1.165) is 11.6 Å². The summed E-state index contributed by atoms with van der Waals surface area (Å²) in [6, 6.07) is 19.4. The van der Waals surface area contributed by atoms with Gasteiger partial charge in [0.1, 0.15) is 0 Å². The van der Waals surface area contributed by atoms with Crippen LogP contribution < -0.4 is 5.32 Å². The summed E-state index contributed by atoms with van der Waals surface area (Å²) < 4.78 is 0. The maximum atomic E-state index is 5.98. The Hall–Kier alpha value is -1.35. The van der Waals surface area contributed by atoms with Crippen molar-refractivity contribution in [3.05, 3.63) is 70.7 Å². The zero-order valence-electron chi connectivity index (χ0n) is 12.9. The maximum absolute atomic E-state index is 5.98. The van der Waals surface area contributed by atoms with Crippen molar-refractivity contribution < 1.29 is 0 Å². The second-order valence-corrected chi connectivity index (χ2v) is 5.81. The highest BCUT2D eigenvalue weighted by atomic mass is 35.5. The molecule has 112 valence electrons. The van der Waals surface area contributed by atoms with Crippen LogP contribution in [0.15, 0.2) is 54.6 Å². The van der Waals surface area contributed by atoms with Gasteiger partial charge < -0.3 is 5.32 Å². The summed E-state index contributed by atoms with van der Waals surface area (Å²) in [7, 11) is 4.17. The number of nitrogens with zero attached hydrogens (tertiary/aromatic N) is 1.